The summed E-state index contributed by atoms with van der Waals surface area (Å²) in [4.78, 5) is 33.8. The molecular formula is C10H4Cl2O3. The first-order chi connectivity index (χ1) is 7.07. The van der Waals surface area contributed by atoms with Gasteiger partial charge in [0.15, 0.2) is 11.6 Å². The Kier molecular flexibility index (Phi) is 2.37. The van der Waals surface area contributed by atoms with Crippen molar-refractivity contribution >= 4 is 41.1 Å². The lowest BCUT2D eigenvalue weighted by Crippen LogP contribution is -2.16. The minimum Gasteiger partial charge on any atom is -0.302 e. The maximum Gasteiger partial charge on any atom is 0.183 e. The summed E-state index contributed by atoms with van der Waals surface area (Å²) >= 11 is 11.6. The van der Waals surface area contributed by atoms with Gasteiger partial charge in [-0.05, 0) is 12.1 Å². The Balaban J connectivity index is 2.77. The Labute approximate surface area is 95.0 Å². The van der Waals surface area contributed by atoms with Gasteiger partial charge in [0.1, 0.15) is 12.2 Å². The number of fused-ring (bicyclic) bond motifs is 1. The highest BCUT2D eigenvalue weighted by Crippen LogP contribution is 2.35. The number of hydrogen-bond acceptors (Lipinski definition) is 3. The fraction of sp³-hybridized carbons (Fsp3) is 0.100. The van der Waals surface area contributed by atoms with E-state index in [0.29, 0.717) is 6.29 Å². The summed E-state index contributed by atoms with van der Waals surface area (Å²) in [6.45, 7) is 0. The number of carbonyl (C=O) groups excluding carboxylic acids is 3. The molecule has 0 bridgehead atoms. The van der Waals surface area contributed by atoms with Gasteiger partial charge in [-0.2, -0.15) is 0 Å². The highest BCUT2D eigenvalue weighted by molar-refractivity contribution is 6.45. The molecule has 1 aromatic carbocycles. The topological polar surface area (TPSA) is 51.2 Å². The number of ketones is 2. The summed E-state index contributed by atoms with van der Waals surface area (Å²) in [5.74, 6) is -2.42. The average molecular weight is 243 g/mol. The molecule has 1 aromatic rings. The van der Waals surface area contributed by atoms with Crippen LogP contribution in [0.25, 0.3) is 0 Å². The second-order valence-corrected chi connectivity index (χ2v) is 3.94. The van der Waals surface area contributed by atoms with E-state index in [4.69, 9.17) is 23.2 Å². The van der Waals surface area contributed by atoms with E-state index in [1.807, 2.05) is 0 Å². The van der Waals surface area contributed by atoms with Crippen molar-refractivity contribution in [3.05, 3.63) is 33.3 Å². The number of benzene rings is 1. The second kappa shape index (κ2) is 3.43. The van der Waals surface area contributed by atoms with Gasteiger partial charge in [0, 0.05) is 11.1 Å². The monoisotopic (exact) mass is 242 g/mol. The van der Waals surface area contributed by atoms with E-state index in [1.165, 1.54) is 12.1 Å². The first-order valence-corrected chi connectivity index (χ1v) is 4.85. The molecule has 0 saturated carbocycles. The molecule has 0 N–H and O–H groups in total. The van der Waals surface area contributed by atoms with Crippen LogP contribution in [-0.4, -0.2) is 17.9 Å². The highest BCUT2D eigenvalue weighted by atomic mass is 35.5. The Hall–Kier alpha value is -1.19. The Morgan fingerprint density at radius 3 is 1.73 bits per heavy atom. The summed E-state index contributed by atoms with van der Waals surface area (Å²) in [6, 6.07) is 2.86. The van der Waals surface area contributed by atoms with Crippen molar-refractivity contribution in [2.24, 2.45) is 5.92 Å². The quantitative estimate of drug-likeness (QED) is 0.561. The van der Waals surface area contributed by atoms with Gasteiger partial charge in [-0.25, -0.2) is 0 Å². The molecule has 0 unspecified atom stereocenters. The van der Waals surface area contributed by atoms with Gasteiger partial charge in [0.2, 0.25) is 0 Å². The third kappa shape index (κ3) is 1.31. The van der Waals surface area contributed by atoms with Gasteiger partial charge in [-0.3, -0.25) is 9.59 Å². The SMILES string of the molecule is O=CC1C(=O)c2c(Cl)ccc(Cl)c2C1=O. The number of hydrogen-bond donors (Lipinski definition) is 0. The van der Waals surface area contributed by atoms with E-state index in [9.17, 15) is 14.4 Å². The lowest BCUT2D eigenvalue weighted by atomic mass is 10.1. The fourth-order valence-electron chi connectivity index (χ4n) is 1.59. The van der Waals surface area contributed by atoms with Crippen molar-refractivity contribution in [3.63, 3.8) is 0 Å². The maximum absolute atomic E-state index is 11.6. The molecule has 3 nitrogen and oxygen atoms in total. The van der Waals surface area contributed by atoms with Crippen LogP contribution in [0.15, 0.2) is 12.1 Å². The first-order valence-electron chi connectivity index (χ1n) is 4.09. The van der Waals surface area contributed by atoms with Crippen LogP contribution < -0.4 is 0 Å². The van der Waals surface area contributed by atoms with Crippen LogP contribution in [0.1, 0.15) is 20.7 Å². The van der Waals surface area contributed by atoms with Crippen molar-refractivity contribution in [3.8, 4) is 0 Å². The van der Waals surface area contributed by atoms with E-state index < -0.39 is 17.5 Å². The molecule has 2 rings (SSSR count). The summed E-state index contributed by atoms with van der Waals surface area (Å²) < 4.78 is 0. The molecule has 0 saturated heterocycles. The molecule has 0 aliphatic heterocycles. The lowest BCUT2D eigenvalue weighted by molar-refractivity contribution is -0.108. The zero-order chi connectivity index (χ0) is 11.2. The largest absolute Gasteiger partial charge is 0.302 e. The van der Waals surface area contributed by atoms with Gasteiger partial charge in [0.25, 0.3) is 0 Å². The average Bonchev–Trinajstić information content (AvgIpc) is 2.46. The fourth-order valence-corrected chi connectivity index (χ4v) is 2.09. The van der Waals surface area contributed by atoms with Crippen molar-refractivity contribution in [1.29, 1.82) is 0 Å². The van der Waals surface area contributed by atoms with Crippen molar-refractivity contribution in [1.82, 2.24) is 0 Å². The molecule has 5 heteroatoms. The smallest absolute Gasteiger partial charge is 0.183 e. The van der Waals surface area contributed by atoms with Crippen LogP contribution in [0.2, 0.25) is 10.0 Å². The van der Waals surface area contributed by atoms with E-state index in [0.717, 1.165) is 0 Å². The van der Waals surface area contributed by atoms with E-state index in [2.05, 4.69) is 0 Å². The minimum atomic E-state index is -1.28. The van der Waals surface area contributed by atoms with Crippen molar-refractivity contribution in [2.45, 2.75) is 0 Å². The maximum atomic E-state index is 11.6. The zero-order valence-corrected chi connectivity index (χ0v) is 8.80. The molecule has 0 fully saturated rings. The molecule has 0 aromatic heterocycles. The normalized spacial score (nSPS) is 15.6. The van der Waals surface area contributed by atoms with E-state index >= 15 is 0 Å². The predicted molar refractivity (Wildman–Crippen MR) is 54.7 cm³/mol. The molecule has 0 heterocycles. The van der Waals surface area contributed by atoms with Gasteiger partial charge in [-0.1, -0.05) is 23.2 Å². The molecule has 1 aliphatic rings. The molecule has 0 spiro atoms. The van der Waals surface area contributed by atoms with Crippen LogP contribution in [0.5, 0.6) is 0 Å². The van der Waals surface area contributed by atoms with Gasteiger partial charge in [0.05, 0.1) is 10.0 Å². The Morgan fingerprint density at radius 2 is 1.40 bits per heavy atom. The predicted octanol–water partition coefficient (Wildman–Crippen LogP) is 2.19. The van der Waals surface area contributed by atoms with Gasteiger partial charge in [-0.15, -0.1) is 0 Å². The standard InChI is InChI=1S/C10H4Cl2O3/c11-5-1-2-6(12)8-7(5)9(14)4(3-13)10(8)15/h1-4H. The molecule has 0 amide bonds. The van der Waals surface area contributed by atoms with Crippen LogP contribution in [0.4, 0.5) is 0 Å². The Bertz CT molecular complexity index is 453. The molecule has 0 radical (unpaired) electrons. The zero-order valence-electron chi connectivity index (χ0n) is 7.29. The van der Waals surface area contributed by atoms with Crippen molar-refractivity contribution in [2.75, 3.05) is 0 Å². The molecule has 76 valence electrons. The van der Waals surface area contributed by atoms with Crippen LogP contribution in [0.3, 0.4) is 0 Å². The molecule has 0 atom stereocenters. The summed E-state index contributed by atoms with van der Waals surface area (Å²) in [6.07, 6.45) is 0.317. The number of rotatable bonds is 1. The van der Waals surface area contributed by atoms with Gasteiger partial charge >= 0.3 is 0 Å². The highest BCUT2D eigenvalue weighted by Gasteiger charge is 2.41. The number of carbonyl (C=O) groups is 3. The van der Waals surface area contributed by atoms with E-state index in [-0.39, 0.29) is 21.2 Å². The number of halogens is 2. The third-order valence-electron chi connectivity index (χ3n) is 2.30. The lowest BCUT2D eigenvalue weighted by Gasteiger charge is -2.00. The number of Topliss-reactive ketones (excluding diaryl/α,β-unsaturated/α-hetero) is 2. The third-order valence-corrected chi connectivity index (χ3v) is 2.93. The molecular weight excluding hydrogens is 239 g/mol. The molecule has 1 aliphatic carbocycles. The molecule has 15 heavy (non-hydrogen) atoms. The Morgan fingerprint density at radius 1 is 1.00 bits per heavy atom. The van der Waals surface area contributed by atoms with Crippen LogP contribution in [0, 0.1) is 5.92 Å². The second-order valence-electron chi connectivity index (χ2n) is 3.12. The number of aldehydes is 1. The first kappa shape index (κ1) is 10.3. The van der Waals surface area contributed by atoms with Crippen LogP contribution in [-0.2, 0) is 4.79 Å². The minimum absolute atomic E-state index is 0.0614. The van der Waals surface area contributed by atoms with Crippen molar-refractivity contribution < 1.29 is 14.4 Å². The van der Waals surface area contributed by atoms with Gasteiger partial charge < -0.3 is 4.79 Å². The summed E-state index contributed by atoms with van der Waals surface area (Å²) in [7, 11) is 0. The summed E-state index contributed by atoms with van der Waals surface area (Å²) in [5.41, 5.74) is 0.123. The van der Waals surface area contributed by atoms with Crippen LogP contribution >= 0.6 is 23.2 Å². The van der Waals surface area contributed by atoms with E-state index in [1.54, 1.807) is 0 Å². The summed E-state index contributed by atoms with van der Waals surface area (Å²) in [5, 5.41) is 0.300.